The van der Waals surface area contributed by atoms with Crippen molar-refractivity contribution in [2.45, 2.75) is 53.2 Å². The third-order valence-corrected chi connectivity index (χ3v) is 3.69. The fourth-order valence-electron chi connectivity index (χ4n) is 2.62. The zero-order valence-corrected chi connectivity index (χ0v) is 12.8. The molecule has 0 aliphatic heterocycles. The van der Waals surface area contributed by atoms with Crippen LogP contribution < -0.4 is 0 Å². The first-order chi connectivity index (χ1) is 9.49. The molecular weight excluding hydrogens is 248 g/mol. The van der Waals surface area contributed by atoms with Gasteiger partial charge in [-0.3, -0.25) is 4.68 Å². The van der Waals surface area contributed by atoms with E-state index in [1.807, 2.05) is 11.6 Å². The fraction of sp³-hybridized carbons (Fsp3) is 0.471. The maximum absolute atomic E-state index is 10.4. The maximum Gasteiger partial charge on any atom is 0.0635 e. The Hall–Kier alpha value is -1.61. The first-order valence-electron chi connectivity index (χ1n) is 7.27. The molecule has 1 heterocycles. The zero-order valence-electron chi connectivity index (χ0n) is 12.8. The predicted octanol–water partition coefficient (Wildman–Crippen LogP) is 2.97. The van der Waals surface area contributed by atoms with E-state index in [0.29, 0.717) is 12.8 Å². The molecule has 1 aromatic heterocycles. The highest BCUT2D eigenvalue weighted by molar-refractivity contribution is 5.31. The van der Waals surface area contributed by atoms with Crippen molar-refractivity contribution in [3.63, 3.8) is 0 Å². The van der Waals surface area contributed by atoms with E-state index in [2.05, 4.69) is 50.1 Å². The summed E-state index contributed by atoms with van der Waals surface area (Å²) in [6, 6.07) is 8.47. The molecule has 0 radical (unpaired) electrons. The second-order valence-corrected chi connectivity index (χ2v) is 5.58. The molecule has 1 unspecified atom stereocenters. The summed E-state index contributed by atoms with van der Waals surface area (Å²) in [5.41, 5.74) is 5.85. The molecule has 0 amide bonds. The first kappa shape index (κ1) is 14.8. The van der Waals surface area contributed by atoms with Gasteiger partial charge in [-0.1, -0.05) is 23.8 Å². The molecule has 2 rings (SSSR count). The SMILES string of the molecule is CCn1nc(C)cc1CC(O)Cc1cc(C)ccc1C. The number of aryl methyl sites for hydroxylation is 4. The molecule has 0 saturated carbocycles. The summed E-state index contributed by atoms with van der Waals surface area (Å²) in [6.07, 6.45) is 0.987. The number of nitrogens with zero attached hydrogens (tertiary/aromatic N) is 2. The van der Waals surface area contributed by atoms with E-state index in [9.17, 15) is 5.11 Å². The van der Waals surface area contributed by atoms with Crippen molar-refractivity contribution in [3.05, 3.63) is 52.3 Å². The van der Waals surface area contributed by atoms with Gasteiger partial charge in [-0.25, -0.2) is 0 Å². The standard InChI is InChI=1S/C17H24N2O/c1-5-19-16(9-14(4)18-19)11-17(20)10-15-8-12(2)6-7-13(15)3/h6-9,17,20H,5,10-11H2,1-4H3. The minimum absolute atomic E-state index is 0.364. The number of aromatic nitrogens is 2. The molecule has 0 aliphatic carbocycles. The van der Waals surface area contributed by atoms with Gasteiger partial charge in [0, 0.05) is 18.7 Å². The van der Waals surface area contributed by atoms with Gasteiger partial charge in [0.2, 0.25) is 0 Å². The third kappa shape index (κ3) is 3.48. The van der Waals surface area contributed by atoms with Gasteiger partial charge in [0.15, 0.2) is 0 Å². The highest BCUT2D eigenvalue weighted by Crippen LogP contribution is 2.15. The van der Waals surface area contributed by atoms with E-state index in [4.69, 9.17) is 0 Å². The van der Waals surface area contributed by atoms with Gasteiger partial charge in [0.05, 0.1) is 11.8 Å². The molecule has 1 N–H and O–H groups in total. The summed E-state index contributed by atoms with van der Waals surface area (Å²) in [5.74, 6) is 0. The Kier molecular flexibility index (Phi) is 4.61. The number of hydrogen-bond acceptors (Lipinski definition) is 2. The van der Waals surface area contributed by atoms with Crippen LogP contribution >= 0.6 is 0 Å². The first-order valence-corrected chi connectivity index (χ1v) is 7.27. The second-order valence-electron chi connectivity index (χ2n) is 5.58. The van der Waals surface area contributed by atoms with Crippen LogP contribution in [0.4, 0.5) is 0 Å². The summed E-state index contributed by atoms with van der Waals surface area (Å²) in [6.45, 7) is 9.10. The van der Waals surface area contributed by atoms with E-state index < -0.39 is 0 Å². The van der Waals surface area contributed by atoms with Crippen LogP contribution in [0, 0.1) is 20.8 Å². The molecule has 1 aromatic carbocycles. The van der Waals surface area contributed by atoms with Crippen LogP contribution in [0.15, 0.2) is 24.3 Å². The van der Waals surface area contributed by atoms with Crippen molar-refractivity contribution in [2.24, 2.45) is 0 Å². The van der Waals surface area contributed by atoms with Gasteiger partial charge in [-0.05, 0) is 51.3 Å². The Labute approximate surface area is 121 Å². The smallest absolute Gasteiger partial charge is 0.0635 e. The van der Waals surface area contributed by atoms with Crippen LogP contribution in [0.2, 0.25) is 0 Å². The van der Waals surface area contributed by atoms with Gasteiger partial charge >= 0.3 is 0 Å². The highest BCUT2D eigenvalue weighted by atomic mass is 16.3. The van der Waals surface area contributed by atoms with Crippen molar-refractivity contribution >= 4 is 0 Å². The van der Waals surface area contributed by atoms with Crippen molar-refractivity contribution in [1.82, 2.24) is 9.78 Å². The van der Waals surface area contributed by atoms with Crippen molar-refractivity contribution < 1.29 is 5.11 Å². The Morgan fingerprint density at radius 2 is 1.90 bits per heavy atom. The van der Waals surface area contributed by atoms with Gasteiger partial charge in [0.1, 0.15) is 0 Å². The molecule has 0 aliphatic rings. The van der Waals surface area contributed by atoms with Crippen LogP contribution in [0.3, 0.4) is 0 Å². The molecule has 108 valence electrons. The van der Waals surface area contributed by atoms with Gasteiger partial charge in [0.25, 0.3) is 0 Å². The molecule has 0 saturated heterocycles. The lowest BCUT2D eigenvalue weighted by molar-refractivity contribution is 0.172. The van der Waals surface area contributed by atoms with Crippen LogP contribution in [-0.2, 0) is 19.4 Å². The monoisotopic (exact) mass is 272 g/mol. The molecule has 0 bridgehead atoms. The average molecular weight is 272 g/mol. The van der Waals surface area contributed by atoms with Gasteiger partial charge in [-0.15, -0.1) is 0 Å². The van der Waals surface area contributed by atoms with Crippen molar-refractivity contribution in [2.75, 3.05) is 0 Å². The Morgan fingerprint density at radius 1 is 1.15 bits per heavy atom. The topological polar surface area (TPSA) is 38.0 Å². The van der Waals surface area contributed by atoms with Crippen LogP contribution in [-0.4, -0.2) is 21.0 Å². The predicted molar refractivity (Wildman–Crippen MR) is 82.0 cm³/mol. The summed E-state index contributed by atoms with van der Waals surface area (Å²) in [5, 5.41) is 14.8. The Bertz CT molecular complexity index is 587. The van der Waals surface area contributed by atoms with E-state index >= 15 is 0 Å². The number of benzene rings is 1. The zero-order chi connectivity index (χ0) is 14.7. The van der Waals surface area contributed by atoms with Crippen molar-refractivity contribution in [1.29, 1.82) is 0 Å². The molecule has 0 spiro atoms. The molecule has 20 heavy (non-hydrogen) atoms. The molecule has 1 atom stereocenters. The summed E-state index contributed by atoms with van der Waals surface area (Å²) in [7, 11) is 0. The van der Waals surface area contributed by atoms with Crippen LogP contribution in [0.25, 0.3) is 0 Å². The molecule has 2 aromatic rings. The Morgan fingerprint density at radius 3 is 2.60 bits per heavy atom. The molecule has 3 nitrogen and oxygen atoms in total. The lowest BCUT2D eigenvalue weighted by Gasteiger charge is -2.14. The highest BCUT2D eigenvalue weighted by Gasteiger charge is 2.12. The lowest BCUT2D eigenvalue weighted by atomic mass is 9.98. The largest absolute Gasteiger partial charge is 0.392 e. The molecular formula is C17H24N2O. The van der Waals surface area contributed by atoms with Crippen molar-refractivity contribution in [3.8, 4) is 0 Å². The maximum atomic E-state index is 10.4. The number of hydrogen-bond donors (Lipinski definition) is 1. The second kappa shape index (κ2) is 6.23. The van der Waals surface area contributed by atoms with E-state index in [1.165, 1.54) is 16.7 Å². The minimum Gasteiger partial charge on any atom is -0.392 e. The minimum atomic E-state index is -0.364. The number of aliphatic hydroxyl groups is 1. The third-order valence-electron chi connectivity index (χ3n) is 3.69. The Balaban J connectivity index is 2.08. The summed E-state index contributed by atoms with van der Waals surface area (Å²) < 4.78 is 1.97. The van der Waals surface area contributed by atoms with Gasteiger partial charge < -0.3 is 5.11 Å². The van der Waals surface area contributed by atoms with Gasteiger partial charge in [-0.2, -0.15) is 5.10 Å². The number of rotatable bonds is 5. The fourth-order valence-corrected chi connectivity index (χ4v) is 2.62. The van der Waals surface area contributed by atoms with Crippen LogP contribution in [0.5, 0.6) is 0 Å². The quantitative estimate of drug-likeness (QED) is 0.908. The lowest BCUT2D eigenvalue weighted by Crippen LogP contribution is -2.17. The van der Waals surface area contributed by atoms with E-state index in [-0.39, 0.29) is 6.10 Å². The van der Waals surface area contributed by atoms with E-state index in [1.54, 1.807) is 0 Å². The number of aliphatic hydroxyl groups excluding tert-OH is 1. The molecule has 3 heteroatoms. The normalized spacial score (nSPS) is 12.7. The van der Waals surface area contributed by atoms with E-state index in [0.717, 1.165) is 17.9 Å². The summed E-state index contributed by atoms with van der Waals surface area (Å²) in [4.78, 5) is 0. The van der Waals surface area contributed by atoms with Crippen LogP contribution in [0.1, 0.15) is 35.0 Å². The molecule has 0 fully saturated rings. The average Bonchev–Trinajstić information content (AvgIpc) is 2.74. The summed E-state index contributed by atoms with van der Waals surface area (Å²) >= 11 is 0.